The monoisotopic (exact) mass is 701 g/mol. The van der Waals surface area contributed by atoms with Crippen LogP contribution in [0, 0.1) is 23.2 Å². The second kappa shape index (κ2) is 15.6. The lowest BCUT2D eigenvalue weighted by molar-refractivity contribution is -0.199. The minimum Gasteiger partial charge on any atom is -0.404 e. The molecule has 51 heavy (non-hydrogen) atoms. The maximum absolute atomic E-state index is 14.2. The summed E-state index contributed by atoms with van der Waals surface area (Å²) in [6.07, 6.45) is 7.16. The van der Waals surface area contributed by atoms with Crippen LogP contribution in [0.5, 0.6) is 0 Å². The van der Waals surface area contributed by atoms with Crippen molar-refractivity contribution in [3.63, 3.8) is 0 Å². The molecular weight excluding hydrogens is 645 g/mol. The van der Waals surface area contributed by atoms with Crippen LogP contribution in [0.25, 0.3) is 0 Å². The second-order valence-electron chi connectivity index (χ2n) is 16.1. The topological polar surface area (TPSA) is 131 Å². The van der Waals surface area contributed by atoms with Crippen molar-refractivity contribution in [2.75, 3.05) is 37.7 Å². The van der Waals surface area contributed by atoms with Crippen LogP contribution in [0.4, 0.5) is 5.82 Å². The maximum atomic E-state index is 14.2. The molecule has 2 aliphatic heterocycles. The third-order valence-corrected chi connectivity index (χ3v) is 11.8. The number of hydrogen-bond acceptors (Lipinski definition) is 8. The van der Waals surface area contributed by atoms with Gasteiger partial charge in [0, 0.05) is 31.4 Å². The number of benzene rings is 1. The first-order chi connectivity index (χ1) is 24.4. The average Bonchev–Trinajstić information content (AvgIpc) is 3.49. The molecule has 5 fully saturated rings. The van der Waals surface area contributed by atoms with E-state index in [0.29, 0.717) is 42.6 Å². The zero-order valence-electron chi connectivity index (χ0n) is 31.2. The number of ether oxygens (including phenoxy) is 1. The summed E-state index contributed by atoms with van der Waals surface area (Å²) >= 11 is 0. The standard InChI is InChI=1S/C39H56BN5O6/c1-7-8-10-26-11-9-12-27(20-26)36(47)43-30(24-42-35(46)28-13-14-34(41-23-28)45-15-17-49-18-16-45)37(48)44-33(19-25(2)3)40-50-32-22-29-21-31(38(29,4)5)39(32,6)51-40/h9,11-14,20,23,25,29-33H,7-8,10,15-19,21-22,24H2,1-6H3,(H,42,46)(H,43,47)(H,44,48)/t29-,30-,31-,32+,33-,39-/m0/s1. The molecule has 0 spiro atoms. The van der Waals surface area contributed by atoms with Crippen LogP contribution in [0.1, 0.15) is 99.9 Å². The summed E-state index contributed by atoms with van der Waals surface area (Å²) in [4.78, 5) is 47.8. The number of morpholine rings is 1. The SMILES string of the molecule is CCCCc1cccc(C(=O)N[C@@H](CNC(=O)c2ccc(N3CCOCC3)nc2)C(=O)N[C@@H](CC(C)C)B2O[C@@H]3C[C@@H]4C[C@@H](C4(C)C)[C@]3(C)O2)c1. The van der Waals surface area contributed by atoms with Gasteiger partial charge >= 0.3 is 7.12 Å². The lowest BCUT2D eigenvalue weighted by atomic mass is 9.43. The Bertz CT molecular complexity index is 1550. The van der Waals surface area contributed by atoms with Crippen LogP contribution >= 0.6 is 0 Å². The zero-order chi connectivity index (χ0) is 36.3. The predicted molar refractivity (Wildman–Crippen MR) is 197 cm³/mol. The molecule has 2 bridgehead atoms. The Kier molecular flexibility index (Phi) is 11.4. The van der Waals surface area contributed by atoms with Crippen LogP contribution in [0.2, 0.25) is 0 Å². The number of anilines is 1. The number of nitrogens with one attached hydrogen (secondary N) is 3. The molecule has 3 N–H and O–H groups in total. The molecule has 7 rings (SSSR count). The van der Waals surface area contributed by atoms with Crippen LogP contribution in [0.3, 0.4) is 0 Å². The average molecular weight is 702 g/mol. The van der Waals surface area contributed by atoms with Crippen molar-refractivity contribution >= 4 is 30.7 Å². The number of aromatic nitrogens is 1. The van der Waals surface area contributed by atoms with Gasteiger partial charge in [-0.3, -0.25) is 14.4 Å². The molecule has 2 aromatic rings. The molecule has 5 aliphatic rings. The van der Waals surface area contributed by atoms with Gasteiger partial charge in [-0.05, 0) is 92.0 Å². The fourth-order valence-electron chi connectivity index (χ4n) is 8.60. The Morgan fingerprint density at radius 2 is 1.80 bits per heavy atom. The van der Waals surface area contributed by atoms with Gasteiger partial charge in [0.05, 0.1) is 36.4 Å². The van der Waals surface area contributed by atoms with E-state index in [0.717, 1.165) is 56.6 Å². The number of rotatable bonds is 14. The molecule has 3 heterocycles. The summed E-state index contributed by atoms with van der Waals surface area (Å²) < 4.78 is 18.8. The smallest absolute Gasteiger partial charge is 0.404 e. The Labute approximate surface area is 303 Å². The minimum atomic E-state index is -1.05. The largest absolute Gasteiger partial charge is 0.481 e. The Balaban J connectivity index is 1.17. The molecule has 1 aromatic carbocycles. The highest BCUT2D eigenvalue weighted by atomic mass is 16.7. The second-order valence-corrected chi connectivity index (χ2v) is 16.1. The van der Waals surface area contributed by atoms with Gasteiger partial charge in [-0.15, -0.1) is 0 Å². The van der Waals surface area contributed by atoms with E-state index in [9.17, 15) is 14.4 Å². The van der Waals surface area contributed by atoms with E-state index in [4.69, 9.17) is 14.0 Å². The van der Waals surface area contributed by atoms with E-state index < -0.39 is 30.6 Å². The van der Waals surface area contributed by atoms with Crippen molar-refractivity contribution in [3.8, 4) is 0 Å². The van der Waals surface area contributed by atoms with Crippen LogP contribution in [-0.4, -0.2) is 86.4 Å². The molecular formula is C39H56BN5O6. The van der Waals surface area contributed by atoms with E-state index >= 15 is 0 Å². The first kappa shape index (κ1) is 37.3. The number of carbonyl (C=O) groups is 3. The van der Waals surface area contributed by atoms with Crippen molar-refractivity contribution in [1.29, 1.82) is 0 Å². The molecule has 11 nitrogen and oxygen atoms in total. The van der Waals surface area contributed by atoms with Gasteiger partial charge in [-0.2, -0.15) is 0 Å². The molecule has 3 amide bonds. The van der Waals surface area contributed by atoms with Crippen molar-refractivity contribution in [2.24, 2.45) is 23.2 Å². The van der Waals surface area contributed by atoms with E-state index in [2.05, 4.69) is 67.4 Å². The number of unbranched alkanes of at least 4 members (excludes halogenated alkanes) is 1. The first-order valence-corrected chi connectivity index (χ1v) is 19.0. The normalized spacial score (nSPS) is 26.1. The van der Waals surface area contributed by atoms with Gasteiger partial charge in [0.15, 0.2) is 0 Å². The third kappa shape index (κ3) is 8.13. The number of carbonyl (C=O) groups excluding carboxylic acids is 3. The number of nitrogens with zero attached hydrogens (tertiary/aromatic N) is 2. The summed E-state index contributed by atoms with van der Waals surface area (Å²) in [5, 5.41) is 8.99. The molecule has 1 aromatic heterocycles. The molecule has 0 radical (unpaired) electrons. The molecule has 6 atom stereocenters. The first-order valence-electron chi connectivity index (χ1n) is 19.0. The van der Waals surface area contributed by atoms with Gasteiger partial charge in [-0.25, -0.2) is 4.98 Å². The van der Waals surface area contributed by atoms with Crippen molar-refractivity contribution in [2.45, 2.75) is 104 Å². The lowest BCUT2D eigenvalue weighted by Crippen LogP contribution is -2.65. The molecule has 3 saturated carbocycles. The fourth-order valence-corrected chi connectivity index (χ4v) is 8.60. The van der Waals surface area contributed by atoms with Gasteiger partial charge in [0.2, 0.25) is 5.91 Å². The number of hydrogen-bond donors (Lipinski definition) is 3. The number of aryl methyl sites for hydroxylation is 1. The summed E-state index contributed by atoms with van der Waals surface area (Å²) in [5.74, 6) is 0.409. The van der Waals surface area contributed by atoms with Gasteiger partial charge < -0.3 is 34.9 Å². The summed E-state index contributed by atoms with van der Waals surface area (Å²) in [6.45, 7) is 15.8. The maximum Gasteiger partial charge on any atom is 0.481 e. The van der Waals surface area contributed by atoms with Crippen LogP contribution in [0.15, 0.2) is 42.6 Å². The van der Waals surface area contributed by atoms with Crippen molar-refractivity contribution < 1.29 is 28.4 Å². The zero-order valence-corrected chi connectivity index (χ0v) is 31.2. The highest BCUT2D eigenvalue weighted by molar-refractivity contribution is 6.48. The summed E-state index contributed by atoms with van der Waals surface area (Å²) in [6, 6.07) is 9.98. The van der Waals surface area contributed by atoms with Crippen molar-refractivity contribution in [1.82, 2.24) is 20.9 Å². The molecule has 12 heteroatoms. The van der Waals surface area contributed by atoms with Gasteiger partial charge in [0.1, 0.15) is 11.9 Å². The van der Waals surface area contributed by atoms with E-state index in [-0.39, 0.29) is 35.8 Å². The highest BCUT2D eigenvalue weighted by Gasteiger charge is 2.68. The number of pyridine rings is 1. The Morgan fingerprint density at radius 3 is 2.49 bits per heavy atom. The minimum absolute atomic E-state index is 0.0242. The lowest BCUT2D eigenvalue weighted by Gasteiger charge is -2.64. The fraction of sp³-hybridized carbons (Fsp3) is 0.641. The third-order valence-electron chi connectivity index (χ3n) is 11.8. The molecule has 0 unspecified atom stereocenters. The van der Waals surface area contributed by atoms with Gasteiger partial charge in [-0.1, -0.05) is 53.2 Å². The quantitative estimate of drug-likeness (QED) is 0.244. The Morgan fingerprint density at radius 1 is 1.02 bits per heavy atom. The van der Waals surface area contributed by atoms with E-state index in [1.54, 1.807) is 12.1 Å². The van der Waals surface area contributed by atoms with Crippen molar-refractivity contribution in [3.05, 3.63) is 59.3 Å². The van der Waals surface area contributed by atoms with E-state index in [1.165, 1.54) is 6.20 Å². The highest BCUT2D eigenvalue weighted by Crippen LogP contribution is 2.65. The predicted octanol–water partition coefficient (Wildman–Crippen LogP) is 4.59. The Hall–Kier alpha value is -3.48. The van der Waals surface area contributed by atoms with E-state index in [1.807, 2.05) is 24.3 Å². The van der Waals surface area contributed by atoms with Gasteiger partial charge in [0.25, 0.3) is 11.8 Å². The molecule has 3 aliphatic carbocycles. The summed E-state index contributed by atoms with van der Waals surface area (Å²) in [5.41, 5.74) is 1.67. The summed E-state index contributed by atoms with van der Waals surface area (Å²) in [7, 11) is -0.612. The number of amides is 3. The van der Waals surface area contributed by atoms with Crippen LogP contribution in [-0.2, 0) is 25.3 Å². The van der Waals surface area contributed by atoms with Crippen LogP contribution < -0.4 is 20.9 Å². The molecule has 276 valence electrons. The molecule has 2 saturated heterocycles.